The number of thioether (sulfide) groups is 1. The summed E-state index contributed by atoms with van der Waals surface area (Å²) in [5, 5.41) is 4.45. The number of benzene rings is 1. The summed E-state index contributed by atoms with van der Waals surface area (Å²) in [4.78, 5) is 22.9. The number of nitrogens with two attached hydrogens (primary N) is 1. The predicted octanol–water partition coefficient (Wildman–Crippen LogP) is 3.60. The van der Waals surface area contributed by atoms with E-state index in [1.54, 1.807) is 22.5 Å². The lowest BCUT2D eigenvalue weighted by Gasteiger charge is -2.17. The van der Waals surface area contributed by atoms with Gasteiger partial charge in [0.15, 0.2) is 0 Å². The Morgan fingerprint density at radius 3 is 2.56 bits per heavy atom. The summed E-state index contributed by atoms with van der Waals surface area (Å²) in [5.41, 5.74) is 7.20. The van der Waals surface area contributed by atoms with Crippen molar-refractivity contribution < 1.29 is 9.47 Å². The number of aryl methyl sites for hydroxylation is 1. The lowest BCUT2D eigenvalue weighted by molar-refractivity contribution is -0.106. The number of nitrogens with zero attached hydrogens (tertiary/aromatic N) is 3. The van der Waals surface area contributed by atoms with Gasteiger partial charge in [-0.3, -0.25) is 9.36 Å². The first kappa shape index (κ1) is 24.5. The second-order valence-corrected chi connectivity index (χ2v) is 8.36. The highest BCUT2D eigenvalue weighted by molar-refractivity contribution is 7.98. The van der Waals surface area contributed by atoms with Crippen molar-refractivity contribution >= 4 is 40.3 Å². The van der Waals surface area contributed by atoms with Crippen molar-refractivity contribution in [3.8, 4) is 11.1 Å². The Hall–Kier alpha value is -2.17. The Labute approximate surface area is 196 Å². The Kier molecular flexibility index (Phi) is 8.89. The van der Waals surface area contributed by atoms with Gasteiger partial charge in [0, 0.05) is 45.7 Å². The highest BCUT2D eigenvalue weighted by Crippen LogP contribution is 2.31. The Balaban J connectivity index is 0.000000352. The molecule has 0 saturated carbocycles. The molecule has 1 saturated heterocycles. The SMILES string of the molecule is CCNc1ncc2cc(-c3ccc(SC)cc3Cl)c(=O)n(CC)c2n1.NC1COCOC1. The van der Waals surface area contributed by atoms with Crippen LogP contribution in [-0.4, -0.2) is 53.4 Å². The first-order valence-corrected chi connectivity index (χ1v) is 12.0. The number of hydrogen-bond donors (Lipinski definition) is 2. The smallest absolute Gasteiger partial charge is 0.260 e. The molecule has 0 aliphatic carbocycles. The molecule has 1 aliphatic heterocycles. The van der Waals surface area contributed by atoms with Gasteiger partial charge in [-0.1, -0.05) is 17.7 Å². The van der Waals surface area contributed by atoms with E-state index in [4.69, 9.17) is 26.8 Å². The van der Waals surface area contributed by atoms with Crippen LogP contribution in [0.2, 0.25) is 5.02 Å². The largest absolute Gasteiger partial charge is 0.354 e. The summed E-state index contributed by atoms with van der Waals surface area (Å²) in [6.07, 6.45) is 3.73. The van der Waals surface area contributed by atoms with E-state index in [2.05, 4.69) is 15.3 Å². The molecule has 1 aromatic carbocycles. The van der Waals surface area contributed by atoms with Crippen molar-refractivity contribution in [3.05, 3.63) is 45.8 Å². The molecule has 8 nitrogen and oxygen atoms in total. The fourth-order valence-corrected chi connectivity index (χ4v) is 4.02. The van der Waals surface area contributed by atoms with Gasteiger partial charge in [-0.05, 0) is 38.3 Å². The van der Waals surface area contributed by atoms with Crippen molar-refractivity contribution in [1.29, 1.82) is 0 Å². The maximum absolute atomic E-state index is 13.0. The first-order chi connectivity index (χ1) is 15.5. The summed E-state index contributed by atoms with van der Waals surface area (Å²) in [6.45, 7) is 6.83. The van der Waals surface area contributed by atoms with Crippen LogP contribution < -0.4 is 16.6 Å². The third-order valence-corrected chi connectivity index (χ3v) is 5.81. The molecule has 0 spiro atoms. The number of ether oxygens (including phenoxy) is 2. The van der Waals surface area contributed by atoms with E-state index in [1.165, 1.54) is 0 Å². The quantitative estimate of drug-likeness (QED) is 0.537. The van der Waals surface area contributed by atoms with Gasteiger partial charge < -0.3 is 20.5 Å². The molecule has 0 radical (unpaired) electrons. The summed E-state index contributed by atoms with van der Waals surface area (Å²) >= 11 is 8.04. The number of fused-ring (bicyclic) bond motifs is 1. The van der Waals surface area contributed by atoms with Crippen LogP contribution in [-0.2, 0) is 16.0 Å². The van der Waals surface area contributed by atoms with Gasteiger partial charge in [0.1, 0.15) is 12.4 Å². The summed E-state index contributed by atoms with van der Waals surface area (Å²) in [7, 11) is 0. The second-order valence-electron chi connectivity index (χ2n) is 7.08. The molecule has 172 valence electrons. The van der Waals surface area contributed by atoms with E-state index in [9.17, 15) is 4.79 Å². The van der Waals surface area contributed by atoms with E-state index in [1.807, 2.05) is 44.4 Å². The van der Waals surface area contributed by atoms with Crippen LogP contribution >= 0.6 is 23.4 Å². The normalized spacial score (nSPS) is 14.2. The summed E-state index contributed by atoms with van der Waals surface area (Å²) < 4.78 is 11.3. The molecule has 3 aromatic rings. The molecule has 10 heteroatoms. The molecular formula is C22H28ClN5O3S. The Morgan fingerprint density at radius 1 is 1.25 bits per heavy atom. The number of anilines is 1. The summed E-state index contributed by atoms with van der Waals surface area (Å²) in [5.74, 6) is 0.520. The molecule has 4 rings (SSSR count). The molecule has 0 amide bonds. The monoisotopic (exact) mass is 477 g/mol. The van der Waals surface area contributed by atoms with Gasteiger partial charge in [0.05, 0.1) is 19.3 Å². The van der Waals surface area contributed by atoms with Crippen molar-refractivity contribution in [2.75, 3.05) is 38.1 Å². The maximum Gasteiger partial charge on any atom is 0.260 e. The van der Waals surface area contributed by atoms with Crippen molar-refractivity contribution in [3.63, 3.8) is 0 Å². The third-order valence-electron chi connectivity index (χ3n) is 4.78. The standard InChI is InChI=1S/C18H19ClN4OS.C4H9NO2/c1-4-20-18-21-10-11-8-14(17(24)23(5-2)16(11)22-18)13-7-6-12(25-3)9-15(13)19;5-4-1-6-3-7-2-4/h6-10H,4-5H2,1-3H3,(H,20,21,22);4H,1-3,5H2. The van der Waals surface area contributed by atoms with E-state index in [0.29, 0.717) is 48.7 Å². The van der Waals surface area contributed by atoms with E-state index in [0.717, 1.165) is 22.4 Å². The molecule has 0 atom stereocenters. The molecule has 32 heavy (non-hydrogen) atoms. The Morgan fingerprint density at radius 2 is 2.00 bits per heavy atom. The Bertz CT molecular complexity index is 1120. The highest BCUT2D eigenvalue weighted by atomic mass is 35.5. The minimum Gasteiger partial charge on any atom is -0.354 e. The van der Waals surface area contributed by atoms with Crippen LogP contribution in [0.25, 0.3) is 22.2 Å². The molecule has 1 aliphatic rings. The van der Waals surface area contributed by atoms with Crippen LogP contribution in [0.4, 0.5) is 5.95 Å². The first-order valence-electron chi connectivity index (χ1n) is 10.4. The van der Waals surface area contributed by atoms with Crippen LogP contribution in [0, 0.1) is 0 Å². The fourth-order valence-electron chi connectivity index (χ4n) is 3.24. The van der Waals surface area contributed by atoms with Crippen molar-refractivity contribution in [1.82, 2.24) is 14.5 Å². The van der Waals surface area contributed by atoms with Gasteiger partial charge >= 0.3 is 0 Å². The van der Waals surface area contributed by atoms with Gasteiger partial charge in [-0.25, -0.2) is 4.98 Å². The average Bonchev–Trinajstić information content (AvgIpc) is 2.80. The molecular weight excluding hydrogens is 450 g/mol. The lowest BCUT2D eigenvalue weighted by atomic mass is 10.1. The van der Waals surface area contributed by atoms with Crippen molar-refractivity contribution in [2.24, 2.45) is 5.73 Å². The second kappa shape index (κ2) is 11.6. The van der Waals surface area contributed by atoms with Crippen LogP contribution in [0.3, 0.4) is 0 Å². The van der Waals surface area contributed by atoms with Gasteiger partial charge in [-0.15, -0.1) is 11.8 Å². The zero-order valence-electron chi connectivity index (χ0n) is 18.4. The number of halogens is 1. The zero-order chi connectivity index (χ0) is 23.1. The van der Waals surface area contributed by atoms with Crippen molar-refractivity contribution in [2.45, 2.75) is 31.3 Å². The van der Waals surface area contributed by atoms with Crippen LogP contribution in [0.5, 0.6) is 0 Å². The number of aromatic nitrogens is 3. The molecule has 1 fully saturated rings. The lowest BCUT2D eigenvalue weighted by Crippen LogP contribution is -2.36. The molecule has 0 bridgehead atoms. The van der Waals surface area contributed by atoms with E-state index < -0.39 is 0 Å². The zero-order valence-corrected chi connectivity index (χ0v) is 20.0. The maximum atomic E-state index is 13.0. The molecule has 3 heterocycles. The minimum atomic E-state index is -0.102. The van der Waals surface area contributed by atoms with Gasteiger partial charge in [-0.2, -0.15) is 4.98 Å². The topological polar surface area (TPSA) is 104 Å². The van der Waals surface area contributed by atoms with Crippen LogP contribution in [0.15, 0.2) is 40.2 Å². The van der Waals surface area contributed by atoms with E-state index in [-0.39, 0.29) is 11.6 Å². The van der Waals surface area contributed by atoms with Gasteiger partial charge in [0.2, 0.25) is 5.95 Å². The molecule has 0 unspecified atom stereocenters. The summed E-state index contributed by atoms with van der Waals surface area (Å²) in [6, 6.07) is 7.65. The number of pyridine rings is 1. The number of rotatable bonds is 5. The number of hydrogen-bond acceptors (Lipinski definition) is 8. The minimum absolute atomic E-state index is 0.0914. The number of nitrogens with one attached hydrogen (secondary N) is 1. The predicted molar refractivity (Wildman–Crippen MR) is 131 cm³/mol. The highest BCUT2D eigenvalue weighted by Gasteiger charge is 2.15. The fraction of sp³-hybridized carbons (Fsp3) is 0.409. The average molecular weight is 478 g/mol. The third kappa shape index (κ3) is 5.79. The van der Waals surface area contributed by atoms with Crippen LogP contribution in [0.1, 0.15) is 13.8 Å². The van der Waals surface area contributed by atoms with Gasteiger partial charge in [0.25, 0.3) is 5.56 Å². The van der Waals surface area contributed by atoms with E-state index >= 15 is 0 Å². The molecule has 2 aromatic heterocycles. The molecule has 3 N–H and O–H groups in total.